The smallest absolute Gasteiger partial charge is 0.296 e. The van der Waals surface area contributed by atoms with Crippen LogP contribution in [0.15, 0.2) is 86.6 Å². The van der Waals surface area contributed by atoms with Gasteiger partial charge in [0.25, 0.3) is 0 Å². The highest BCUT2D eigenvalue weighted by molar-refractivity contribution is 6.12. The van der Waals surface area contributed by atoms with Gasteiger partial charge in [0.05, 0.1) is 11.8 Å². The van der Waals surface area contributed by atoms with Crippen molar-refractivity contribution < 1.29 is 13.3 Å². The molecule has 5 nitrogen and oxygen atoms in total. The summed E-state index contributed by atoms with van der Waals surface area (Å²) < 4.78 is 34.4. The van der Waals surface area contributed by atoms with Crippen molar-refractivity contribution in [1.29, 1.82) is 0 Å². The van der Waals surface area contributed by atoms with Crippen LogP contribution >= 0.6 is 0 Å². The lowest BCUT2D eigenvalue weighted by Gasteiger charge is -2.12. The maximum atomic E-state index is 14.4. The first-order valence-corrected chi connectivity index (χ1v) is 9.70. The summed E-state index contributed by atoms with van der Waals surface area (Å²) >= 11 is 0. The van der Waals surface area contributed by atoms with Crippen LogP contribution in [0.3, 0.4) is 0 Å². The van der Waals surface area contributed by atoms with Crippen LogP contribution in [-0.2, 0) is 6.54 Å². The zero-order valence-electron chi connectivity index (χ0n) is 16.9. The largest absolute Gasteiger partial charge is 0.441 e. The van der Waals surface area contributed by atoms with E-state index in [1.165, 1.54) is 0 Å². The number of aryl methyl sites for hydroxylation is 1. The van der Waals surface area contributed by atoms with E-state index in [4.69, 9.17) is 0 Å². The first-order chi connectivity index (χ1) is 14.5. The molecule has 0 bridgehead atoms. The molecule has 1 atom stereocenters. The molecule has 3 aromatic rings. The zero-order chi connectivity index (χ0) is 21.5. The Morgan fingerprint density at radius 1 is 1.03 bits per heavy atom. The molecule has 0 spiro atoms. The van der Waals surface area contributed by atoms with Crippen LogP contribution in [0.2, 0.25) is 0 Å². The summed E-state index contributed by atoms with van der Waals surface area (Å²) in [5.41, 5.74) is 2.54. The minimum absolute atomic E-state index is 0.0374. The average molecular weight is 411 g/mol. The molecule has 1 aromatic heterocycles. The topological polar surface area (TPSA) is 60.4 Å². The monoisotopic (exact) mass is 411 g/mol. The third-order valence-corrected chi connectivity index (χ3v) is 4.63. The van der Waals surface area contributed by atoms with Crippen molar-refractivity contribution in [3.05, 3.63) is 99.8 Å². The van der Waals surface area contributed by atoms with Crippen molar-refractivity contribution in [3.8, 4) is 0 Å². The summed E-state index contributed by atoms with van der Waals surface area (Å²) in [6.07, 6.45) is -0.430. The molecular weight excluding hydrogens is 388 g/mol. The van der Waals surface area contributed by atoms with Crippen LogP contribution in [0, 0.1) is 6.92 Å². The lowest BCUT2D eigenvalue weighted by Crippen LogP contribution is -2.16. The summed E-state index contributed by atoms with van der Waals surface area (Å²) in [4.78, 5) is 16.1. The molecule has 1 heterocycles. The molecule has 0 saturated carbocycles. The SMILES string of the molecule is Cc1noc(=O)n1CC/C(F)=C(\F)CC(C)N=C(c1ccccc1)c1ccccc1. The van der Waals surface area contributed by atoms with Gasteiger partial charge in [-0.05, 0) is 13.8 Å². The van der Waals surface area contributed by atoms with Gasteiger partial charge in [0.2, 0.25) is 0 Å². The molecule has 0 N–H and O–H groups in total. The molecule has 156 valence electrons. The van der Waals surface area contributed by atoms with E-state index in [2.05, 4.69) is 14.7 Å². The van der Waals surface area contributed by atoms with E-state index in [0.29, 0.717) is 5.82 Å². The van der Waals surface area contributed by atoms with Crippen LogP contribution < -0.4 is 5.76 Å². The Hall–Kier alpha value is -3.35. The first-order valence-electron chi connectivity index (χ1n) is 9.70. The number of hydrogen-bond acceptors (Lipinski definition) is 4. The summed E-state index contributed by atoms with van der Waals surface area (Å²) in [5, 5.41) is 3.50. The van der Waals surface area contributed by atoms with Gasteiger partial charge in [0.15, 0.2) is 5.82 Å². The van der Waals surface area contributed by atoms with Gasteiger partial charge in [-0.1, -0.05) is 65.8 Å². The van der Waals surface area contributed by atoms with Gasteiger partial charge in [-0.25, -0.2) is 13.6 Å². The quantitative estimate of drug-likeness (QED) is 0.490. The average Bonchev–Trinajstić information content (AvgIpc) is 3.08. The van der Waals surface area contributed by atoms with Gasteiger partial charge in [-0.2, -0.15) is 0 Å². The highest BCUT2D eigenvalue weighted by atomic mass is 19.2. The van der Waals surface area contributed by atoms with E-state index in [0.717, 1.165) is 21.4 Å². The summed E-state index contributed by atoms with van der Waals surface area (Å²) in [6.45, 7) is 3.27. The predicted octanol–water partition coefficient (Wildman–Crippen LogP) is 5.00. The Balaban J connectivity index is 1.76. The molecule has 0 aliphatic heterocycles. The molecular formula is C23H23F2N3O2. The van der Waals surface area contributed by atoms with Gasteiger partial charge in [-0.15, -0.1) is 0 Å². The molecule has 0 fully saturated rings. The number of aromatic nitrogens is 2. The van der Waals surface area contributed by atoms with E-state index < -0.39 is 23.5 Å². The second kappa shape index (κ2) is 9.91. The van der Waals surface area contributed by atoms with Crippen LogP contribution in [-0.4, -0.2) is 21.5 Å². The molecule has 0 radical (unpaired) electrons. The minimum atomic E-state index is -0.898. The summed E-state index contributed by atoms with van der Waals surface area (Å²) in [6, 6.07) is 18.7. The maximum absolute atomic E-state index is 14.4. The Morgan fingerprint density at radius 3 is 2.10 bits per heavy atom. The van der Waals surface area contributed by atoms with Gasteiger partial charge in [0.1, 0.15) is 11.7 Å². The molecule has 0 aliphatic carbocycles. The maximum Gasteiger partial charge on any atom is 0.441 e. The van der Waals surface area contributed by atoms with E-state index in [1.54, 1.807) is 13.8 Å². The van der Waals surface area contributed by atoms with Gasteiger partial charge in [-0.3, -0.25) is 14.1 Å². The molecule has 1 unspecified atom stereocenters. The molecule has 3 rings (SSSR count). The third-order valence-electron chi connectivity index (χ3n) is 4.63. The lowest BCUT2D eigenvalue weighted by molar-refractivity contribution is 0.371. The molecule has 2 aromatic carbocycles. The number of hydrogen-bond donors (Lipinski definition) is 0. The Kier molecular flexibility index (Phi) is 7.06. The number of halogens is 2. The highest BCUT2D eigenvalue weighted by Crippen LogP contribution is 2.21. The number of benzene rings is 2. The fourth-order valence-corrected chi connectivity index (χ4v) is 3.08. The Bertz CT molecular complexity index is 1040. The van der Waals surface area contributed by atoms with Crippen LogP contribution in [0.25, 0.3) is 0 Å². The van der Waals surface area contributed by atoms with E-state index in [-0.39, 0.29) is 19.4 Å². The highest BCUT2D eigenvalue weighted by Gasteiger charge is 2.15. The predicted molar refractivity (Wildman–Crippen MR) is 112 cm³/mol. The molecule has 0 amide bonds. The van der Waals surface area contributed by atoms with Crippen molar-refractivity contribution in [1.82, 2.24) is 9.72 Å². The zero-order valence-corrected chi connectivity index (χ0v) is 16.9. The van der Waals surface area contributed by atoms with E-state index >= 15 is 0 Å². The van der Waals surface area contributed by atoms with Crippen LogP contribution in [0.4, 0.5) is 8.78 Å². The van der Waals surface area contributed by atoms with Gasteiger partial charge < -0.3 is 0 Å². The second-order valence-electron chi connectivity index (χ2n) is 6.97. The van der Waals surface area contributed by atoms with Crippen molar-refractivity contribution in [2.45, 2.75) is 39.3 Å². The molecule has 7 heteroatoms. The Morgan fingerprint density at radius 2 is 1.60 bits per heavy atom. The van der Waals surface area contributed by atoms with Crippen molar-refractivity contribution in [2.24, 2.45) is 4.99 Å². The fourth-order valence-electron chi connectivity index (χ4n) is 3.08. The normalized spacial score (nSPS) is 12.9. The molecule has 0 aliphatic rings. The summed E-state index contributed by atoms with van der Waals surface area (Å²) in [7, 11) is 0. The van der Waals surface area contributed by atoms with Crippen molar-refractivity contribution in [2.75, 3.05) is 0 Å². The lowest BCUT2D eigenvalue weighted by atomic mass is 10.0. The van der Waals surface area contributed by atoms with Gasteiger partial charge in [0, 0.05) is 30.5 Å². The van der Waals surface area contributed by atoms with Crippen molar-refractivity contribution >= 4 is 5.71 Å². The number of aliphatic imine (C=N–C) groups is 1. The number of rotatable bonds is 8. The third kappa shape index (κ3) is 5.37. The standard InChI is InChI=1S/C23H23F2N3O2/c1-16(15-21(25)20(24)13-14-28-17(2)27-30-23(28)29)26-22(18-9-5-3-6-10-18)19-11-7-4-8-12-19/h3-12,16H,13-15H2,1-2H3/b21-20+. The molecule has 0 saturated heterocycles. The number of nitrogens with zero attached hydrogens (tertiary/aromatic N) is 3. The van der Waals surface area contributed by atoms with Crippen molar-refractivity contribution in [3.63, 3.8) is 0 Å². The Labute approximate surface area is 173 Å². The van der Waals surface area contributed by atoms with Crippen LogP contribution in [0.1, 0.15) is 36.7 Å². The summed E-state index contributed by atoms with van der Waals surface area (Å²) in [5.74, 6) is -2.13. The van der Waals surface area contributed by atoms with Crippen LogP contribution in [0.5, 0.6) is 0 Å². The van der Waals surface area contributed by atoms with E-state index in [1.807, 2.05) is 60.7 Å². The van der Waals surface area contributed by atoms with Gasteiger partial charge >= 0.3 is 5.76 Å². The van der Waals surface area contributed by atoms with E-state index in [9.17, 15) is 13.6 Å². The first kappa shape index (κ1) is 21.4. The fraction of sp³-hybridized carbons (Fsp3) is 0.261. The second-order valence-corrected chi connectivity index (χ2v) is 6.97. The molecule has 30 heavy (non-hydrogen) atoms. The minimum Gasteiger partial charge on any atom is -0.296 e. The number of allylic oxidation sites excluding steroid dienone is 1.